The monoisotopic (exact) mass is 729 g/mol. The lowest BCUT2D eigenvalue weighted by atomic mass is 10.0. The fraction of sp³-hybridized carbons (Fsp3) is 0. The molecule has 0 unspecified atom stereocenters. The Balaban J connectivity index is 1.08. The standard InChI is InChI=1S/C51H31N5O/c1-3-14-32(15-4-1)34-18-13-19-35(28-34)50-52-49(33-16-5-2-6-17-33)53-51(54-50)56-45-25-12-9-22-39(45)40-30-42-41-29-36(26-27-47(41)57-48(42)31-46(40)56)55-43-23-10-7-20-37(43)38-21-8-11-24-44(38)55/h1-31H. The normalized spacial score (nSPS) is 11.9. The molecule has 0 aliphatic rings. The first-order valence-electron chi connectivity index (χ1n) is 19.1. The number of rotatable bonds is 5. The van der Waals surface area contributed by atoms with Crippen LogP contribution in [0.2, 0.25) is 0 Å². The Hall–Kier alpha value is -7.83. The third-order valence-electron chi connectivity index (χ3n) is 11.2. The van der Waals surface area contributed by atoms with E-state index >= 15 is 0 Å². The minimum absolute atomic E-state index is 0.541. The Morgan fingerprint density at radius 1 is 0.316 bits per heavy atom. The topological polar surface area (TPSA) is 61.7 Å². The molecule has 0 bridgehead atoms. The van der Waals surface area contributed by atoms with Gasteiger partial charge >= 0.3 is 0 Å². The molecule has 4 heterocycles. The number of hydrogen-bond donors (Lipinski definition) is 0. The molecule has 6 nitrogen and oxygen atoms in total. The summed E-state index contributed by atoms with van der Waals surface area (Å²) in [6.07, 6.45) is 0. The molecule has 57 heavy (non-hydrogen) atoms. The molecule has 0 aliphatic carbocycles. The molecule has 0 aliphatic heterocycles. The summed E-state index contributed by atoms with van der Waals surface area (Å²) in [5.74, 6) is 1.75. The van der Waals surface area contributed by atoms with Gasteiger partial charge in [0.1, 0.15) is 11.2 Å². The van der Waals surface area contributed by atoms with Crippen LogP contribution >= 0.6 is 0 Å². The Bertz CT molecular complexity index is 3470. The van der Waals surface area contributed by atoms with Crippen LogP contribution in [0.5, 0.6) is 0 Å². The van der Waals surface area contributed by atoms with Crippen LogP contribution in [-0.4, -0.2) is 24.1 Å². The molecule has 266 valence electrons. The van der Waals surface area contributed by atoms with E-state index in [0.717, 1.165) is 71.7 Å². The van der Waals surface area contributed by atoms with Crippen LogP contribution in [0, 0.1) is 0 Å². The van der Waals surface area contributed by atoms with Crippen LogP contribution in [0.4, 0.5) is 0 Å². The Morgan fingerprint density at radius 2 is 0.860 bits per heavy atom. The number of para-hydroxylation sites is 3. The SMILES string of the molecule is c1ccc(-c2cccc(-c3nc(-c4ccccc4)nc(-n4c5ccccc5c5cc6c(cc54)oc4ccc(-n5c7ccccc7c7ccccc75)cc46)n3)c2)cc1. The Morgan fingerprint density at radius 3 is 1.56 bits per heavy atom. The molecule has 0 radical (unpaired) electrons. The van der Waals surface area contributed by atoms with Crippen LogP contribution in [0.25, 0.3) is 111 Å². The fourth-order valence-electron chi connectivity index (χ4n) is 8.56. The second-order valence-electron chi connectivity index (χ2n) is 14.5. The van der Waals surface area contributed by atoms with Crippen LogP contribution in [-0.2, 0) is 0 Å². The molecule has 0 N–H and O–H groups in total. The third kappa shape index (κ3) is 4.94. The first kappa shape index (κ1) is 31.5. The van der Waals surface area contributed by atoms with Gasteiger partial charge in [0.2, 0.25) is 5.95 Å². The molecule has 0 saturated heterocycles. The van der Waals surface area contributed by atoms with Crippen LogP contribution in [0.1, 0.15) is 0 Å². The van der Waals surface area contributed by atoms with Crippen molar-refractivity contribution in [2.24, 2.45) is 0 Å². The molecule has 0 saturated carbocycles. The van der Waals surface area contributed by atoms with Crippen molar-refractivity contribution in [1.82, 2.24) is 24.1 Å². The van der Waals surface area contributed by atoms with Gasteiger partial charge in [0, 0.05) is 55.2 Å². The van der Waals surface area contributed by atoms with E-state index in [1.807, 2.05) is 36.4 Å². The molecule has 12 aromatic rings. The van der Waals surface area contributed by atoms with Gasteiger partial charge in [-0.25, -0.2) is 4.98 Å². The minimum Gasteiger partial charge on any atom is -0.456 e. The first-order chi connectivity index (χ1) is 28.2. The summed E-state index contributed by atoms with van der Waals surface area (Å²) in [5.41, 5.74) is 11.1. The van der Waals surface area contributed by atoms with Gasteiger partial charge in [0.05, 0.1) is 22.1 Å². The van der Waals surface area contributed by atoms with Crippen LogP contribution in [0.3, 0.4) is 0 Å². The summed E-state index contributed by atoms with van der Waals surface area (Å²) in [7, 11) is 0. The van der Waals surface area contributed by atoms with Crippen LogP contribution in [0.15, 0.2) is 192 Å². The van der Waals surface area contributed by atoms with Crippen molar-refractivity contribution in [3.05, 3.63) is 188 Å². The average Bonchev–Trinajstić information content (AvgIpc) is 3.93. The second-order valence-corrected chi connectivity index (χ2v) is 14.5. The molecule has 0 fully saturated rings. The molecule has 12 rings (SSSR count). The summed E-state index contributed by atoms with van der Waals surface area (Å²) in [4.78, 5) is 15.5. The maximum Gasteiger partial charge on any atom is 0.238 e. The zero-order valence-electron chi connectivity index (χ0n) is 30.5. The van der Waals surface area contributed by atoms with Crippen molar-refractivity contribution in [3.63, 3.8) is 0 Å². The lowest BCUT2D eigenvalue weighted by Gasteiger charge is -2.11. The van der Waals surface area contributed by atoms with Gasteiger partial charge in [-0.2, -0.15) is 9.97 Å². The van der Waals surface area contributed by atoms with Gasteiger partial charge < -0.3 is 8.98 Å². The smallest absolute Gasteiger partial charge is 0.238 e. The van der Waals surface area contributed by atoms with E-state index in [-0.39, 0.29) is 0 Å². The highest BCUT2D eigenvalue weighted by Gasteiger charge is 2.21. The van der Waals surface area contributed by atoms with E-state index in [1.165, 1.54) is 21.8 Å². The van der Waals surface area contributed by atoms with Crippen molar-refractivity contribution in [1.29, 1.82) is 0 Å². The van der Waals surface area contributed by atoms with E-state index in [9.17, 15) is 0 Å². The third-order valence-corrected chi connectivity index (χ3v) is 11.2. The predicted octanol–water partition coefficient (Wildman–Crippen LogP) is 13.0. The van der Waals surface area contributed by atoms with Gasteiger partial charge in [0.15, 0.2) is 11.6 Å². The second kappa shape index (κ2) is 12.3. The van der Waals surface area contributed by atoms with Crippen molar-refractivity contribution in [2.45, 2.75) is 0 Å². The number of nitrogens with zero attached hydrogens (tertiary/aromatic N) is 5. The average molecular weight is 730 g/mol. The molecule has 0 atom stereocenters. The number of benzene rings is 8. The Labute approximate surface area is 326 Å². The zero-order chi connectivity index (χ0) is 37.5. The molecular formula is C51H31N5O. The van der Waals surface area contributed by atoms with Crippen molar-refractivity contribution in [3.8, 4) is 45.5 Å². The van der Waals surface area contributed by atoms with E-state index in [2.05, 4.69) is 161 Å². The van der Waals surface area contributed by atoms with Crippen LogP contribution < -0.4 is 0 Å². The Kier molecular flexibility index (Phi) is 6.83. The fourth-order valence-corrected chi connectivity index (χ4v) is 8.56. The summed E-state index contributed by atoms with van der Waals surface area (Å²) in [6.45, 7) is 0. The van der Waals surface area contributed by atoms with Crippen molar-refractivity contribution in [2.75, 3.05) is 0 Å². The number of fused-ring (bicyclic) bond motifs is 9. The molecule has 0 spiro atoms. The van der Waals surface area contributed by atoms with Gasteiger partial charge in [-0.05, 0) is 59.7 Å². The highest BCUT2D eigenvalue weighted by atomic mass is 16.3. The number of furan rings is 1. The van der Waals surface area contributed by atoms with Gasteiger partial charge in [-0.15, -0.1) is 0 Å². The molecule has 0 amide bonds. The van der Waals surface area contributed by atoms with Gasteiger partial charge in [-0.1, -0.05) is 133 Å². The summed E-state index contributed by atoms with van der Waals surface area (Å²) < 4.78 is 11.2. The quantitative estimate of drug-likeness (QED) is 0.177. The molecular weight excluding hydrogens is 699 g/mol. The lowest BCUT2D eigenvalue weighted by Crippen LogP contribution is -2.06. The zero-order valence-corrected chi connectivity index (χ0v) is 30.5. The minimum atomic E-state index is 0.541. The highest BCUT2D eigenvalue weighted by Crippen LogP contribution is 2.40. The van der Waals surface area contributed by atoms with Crippen molar-refractivity contribution >= 4 is 65.6 Å². The van der Waals surface area contributed by atoms with Crippen molar-refractivity contribution < 1.29 is 4.42 Å². The van der Waals surface area contributed by atoms with Gasteiger partial charge in [0.25, 0.3) is 0 Å². The summed E-state index contributed by atoms with van der Waals surface area (Å²) >= 11 is 0. The van der Waals surface area contributed by atoms with Gasteiger partial charge in [-0.3, -0.25) is 4.57 Å². The van der Waals surface area contributed by atoms with E-state index < -0.39 is 0 Å². The van der Waals surface area contributed by atoms with E-state index in [4.69, 9.17) is 19.4 Å². The molecule has 6 heteroatoms. The lowest BCUT2D eigenvalue weighted by molar-refractivity contribution is 0.669. The largest absolute Gasteiger partial charge is 0.456 e. The molecule has 4 aromatic heterocycles. The maximum atomic E-state index is 6.66. The highest BCUT2D eigenvalue weighted by molar-refractivity contribution is 6.18. The first-order valence-corrected chi connectivity index (χ1v) is 19.1. The molecule has 8 aromatic carbocycles. The van der Waals surface area contributed by atoms with E-state index in [0.29, 0.717) is 17.6 Å². The predicted molar refractivity (Wildman–Crippen MR) is 232 cm³/mol. The summed E-state index contributed by atoms with van der Waals surface area (Å²) in [6, 6.07) is 65.5. The summed E-state index contributed by atoms with van der Waals surface area (Å²) in [5, 5.41) is 6.80. The number of aromatic nitrogens is 5. The van der Waals surface area contributed by atoms with E-state index in [1.54, 1.807) is 0 Å². The maximum absolute atomic E-state index is 6.66. The number of hydrogen-bond acceptors (Lipinski definition) is 4.